The van der Waals surface area contributed by atoms with E-state index in [0.29, 0.717) is 5.69 Å². The molecule has 7 heteroatoms. The van der Waals surface area contributed by atoms with Gasteiger partial charge in [0.1, 0.15) is 5.82 Å². The van der Waals surface area contributed by atoms with Crippen LogP contribution in [-0.2, 0) is 0 Å². The third-order valence-electron chi connectivity index (χ3n) is 4.15. The zero-order chi connectivity index (χ0) is 19.5. The first-order valence-electron chi connectivity index (χ1n) is 8.44. The Hall–Kier alpha value is -3.32. The summed E-state index contributed by atoms with van der Waals surface area (Å²) in [5, 5.41) is 10.9. The van der Waals surface area contributed by atoms with Gasteiger partial charge in [0, 0.05) is 21.3 Å². The standard InChI is InChI=1S/C21H14BrFN4O/c22-16-6-4-14(5-7-16)20-13-24-26-27(20)19-10-8-18(9-11-19)25-21(28)15-2-1-3-17(23)12-15/h1-13H,(H,25,28). The predicted octanol–water partition coefficient (Wildman–Crippen LogP) is 5.09. The molecule has 138 valence electrons. The van der Waals surface area contributed by atoms with Gasteiger partial charge in [0.15, 0.2) is 0 Å². The molecule has 5 nitrogen and oxygen atoms in total. The lowest BCUT2D eigenvalue weighted by Gasteiger charge is -2.09. The average Bonchev–Trinajstić information content (AvgIpc) is 3.19. The summed E-state index contributed by atoms with van der Waals surface area (Å²) in [5.41, 5.74) is 3.50. The first-order chi connectivity index (χ1) is 13.6. The molecule has 0 unspecified atom stereocenters. The lowest BCUT2D eigenvalue weighted by Crippen LogP contribution is -2.12. The molecular weight excluding hydrogens is 423 g/mol. The Morgan fingerprint density at radius 2 is 1.75 bits per heavy atom. The second kappa shape index (κ2) is 7.74. The Bertz CT molecular complexity index is 1120. The Balaban J connectivity index is 1.55. The monoisotopic (exact) mass is 436 g/mol. The quantitative estimate of drug-likeness (QED) is 0.484. The van der Waals surface area contributed by atoms with E-state index in [9.17, 15) is 9.18 Å². The zero-order valence-electron chi connectivity index (χ0n) is 14.5. The molecule has 1 N–H and O–H groups in total. The number of rotatable bonds is 4. The van der Waals surface area contributed by atoms with Crippen LogP contribution in [0.15, 0.2) is 83.5 Å². The van der Waals surface area contributed by atoms with Crippen LogP contribution in [0.2, 0.25) is 0 Å². The van der Waals surface area contributed by atoms with E-state index in [2.05, 4.69) is 31.6 Å². The van der Waals surface area contributed by atoms with E-state index < -0.39 is 5.82 Å². The number of halogens is 2. The van der Waals surface area contributed by atoms with Crippen LogP contribution in [0.25, 0.3) is 16.9 Å². The smallest absolute Gasteiger partial charge is 0.255 e. The Morgan fingerprint density at radius 3 is 2.46 bits per heavy atom. The van der Waals surface area contributed by atoms with Gasteiger partial charge in [-0.15, -0.1) is 5.10 Å². The fourth-order valence-corrected chi connectivity index (χ4v) is 3.03. The molecule has 1 amide bonds. The summed E-state index contributed by atoms with van der Waals surface area (Å²) in [6.07, 6.45) is 1.70. The van der Waals surface area contributed by atoms with Crippen molar-refractivity contribution in [1.82, 2.24) is 15.0 Å². The highest BCUT2D eigenvalue weighted by Gasteiger charge is 2.10. The molecule has 0 aliphatic carbocycles. The molecule has 0 atom stereocenters. The number of aromatic nitrogens is 3. The molecule has 0 bridgehead atoms. The van der Waals surface area contributed by atoms with Crippen LogP contribution in [0, 0.1) is 5.82 Å². The molecule has 0 spiro atoms. The highest BCUT2D eigenvalue weighted by molar-refractivity contribution is 9.10. The minimum atomic E-state index is -0.449. The first kappa shape index (κ1) is 18.1. The number of hydrogen-bond acceptors (Lipinski definition) is 3. The van der Waals surface area contributed by atoms with Gasteiger partial charge in [-0.05, 0) is 54.6 Å². The molecule has 0 saturated carbocycles. The summed E-state index contributed by atoms with van der Waals surface area (Å²) in [5.74, 6) is -0.821. The SMILES string of the molecule is O=C(Nc1ccc(-n2nncc2-c2ccc(Br)cc2)cc1)c1cccc(F)c1. The molecule has 0 fully saturated rings. The first-order valence-corrected chi connectivity index (χ1v) is 9.23. The number of hydrogen-bond donors (Lipinski definition) is 1. The van der Waals surface area contributed by atoms with Crippen LogP contribution in [0.5, 0.6) is 0 Å². The van der Waals surface area contributed by atoms with Crippen molar-refractivity contribution in [2.24, 2.45) is 0 Å². The minimum absolute atomic E-state index is 0.262. The summed E-state index contributed by atoms with van der Waals surface area (Å²) in [6, 6.07) is 20.6. The van der Waals surface area contributed by atoms with E-state index in [1.807, 2.05) is 36.4 Å². The number of nitrogens with zero attached hydrogens (tertiary/aromatic N) is 3. The van der Waals surface area contributed by atoms with Gasteiger partial charge in [0.25, 0.3) is 5.91 Å². The lowest BCUT2D eigenvalue weighted by molar-refractivity contribution is 0.102. The van der Waals surface area contributed by atoms with Gasteiger partial charge < -0.3 is 5.32 Å². The van der Waals surface area contributed by atoms with E-state index in [4.69, 9.17) is 0 Å². The number of carbonyl (C=O) groups is 1. The Kier molecular flexibility index (Phi) is 4.99. The maximum Gasteiger partial charge on any atom is 0.255 e. The summed E-state index contributed by atoms with van der Waals surface area (Å²) >= 11 is 3.43. The summed E-state index contributed by atoms with van der Waals surface area (Å²) in [4.78, 5) is 12.2. The molecule has 3 aromatic carbocycles. The van der Waals surface area contributed by atoms with Crippen molar-refractivity contribution in [2.75, 3.05) is 5.32 Å². The molecule has 0 saturated heterocycles. The Morgan fingerprint density at radius 1 is 1.00 bits per heavy atom. The predicted molar refractivity (Wildman–Crippen MR) is 109 cm³/mol. The zero-order valence-corrected chi connectivity index (χ0v) is 16.1. The largest absolute Gasteiger partial charge is 0.322 e. The van der Waals surface area contributed by atoms with E-state index in [1.54, 1.807) is 29.1 Å². The number of carbonyl (C=O) groups excluding carboxylic acids is 1. The third-order valence-corrected chi connectivity index (χ3v) is 4.67. The third kappa shape index (κ3) is 3.84. The van der Waals surface area contributed by atoms with Crippen LogP contribution in [0.4, 0.5) is 10.1 Å². The van der Waals surface area contributed by atoms with E-state index in [0.717, 1.165) is 21.4 Å². The van der Waals surface area contributed by atoms with Crippen molar-refractivity contribution in [3.8, 4) is 16.9 Å². The van der Waals surface area contributed by atoms with Crippen molar-refractivity contribution in [3.63, 3.8) is 0 Å². The molecule has 4 rings (SSSR count). The molecule has 0 radical (unpaired) electrons. The van der Waals surface area contributed by atoms with Gasteiger partial charge in [0.2, 0.25) is 0 Å². The summed E-state index contributed by atoms with van der Waals surface area (Å²) in [6.45, 7) is 0. The Labute approximate surface area is 169 Å². The fourth-order valence-electron chi connectivity index (χ4n) is 2.76. The number of nitrogens with one attached hydrogen (secondary N) is 1. The van der Waals surface area contributed by atoms with E-state index >= 15 is 0 Å². The van der Waals surface area contributed by atoms with Crippen molar-refractivity contribution in [2.45, 2.75) is 0 Å². The summed E-state index contributed by atoms with van der Waals surface area (Å²) < 4.78 is 16.0. The van der Waals surface area contributed by atoms with Crippen LogP contribution in [0.3, 0.4) is 0 Å². The van der Waals surface area contributed by atoms with Crippen molar-refractivity contribution in [1.29, 1.82) is 0 Å². The van der Waals surface area contributed by atoms with Crippen LogP contribution in [-0.4, -0.2) is 20.9 Å². The maximum absolute atomic E-state index is 13.3. The van der Waals surface area contributed by atoms with E-state index in [-0.39, 0.29) is 11.5 Å². The minimum Gasteiger partial charge on any atom is -0.322 e. The van der Waals surface area contributed by atoms with Crippen LogP contribution < -0.4 is 5.32 Å². The van der Waals surface area contributed by atoms with Gasteiger partial charge in [-0.1, -0.05) is 39.3 Å². The molecule has 0 aliphatic rings. The number of amides is 1. The van der Waals surface area contributed by atoms with Crippen LogP contribution >= 0.6 is 15.9 Å². The number of benzene rings is 3. The highest BCUT2D eigenvalue weighted by atomic mass is 79.9. The van der Waals surface area contributed by atoms with Crippen LogP contribution in [0.1, 0.15) is 10.4 Å². The lowest BCUT2D eigenvalue weighted by atomic mass is 10.1. The summed E-state index contributed by atoms with van der Waals surface area (Å²) in [7, 11) is 0. The van der Waals surface area contributed by atoms with Gasteiger partial charge in [-0.25, -0.2) is 9.07 Å². The fraction of sp³-hybridized carbons (Fsp3) is 0. The van der Waals surface area contributed by atoms with Crippen molar-refractivity contribution in [3.05, 3.63) is 94.8 Å². The van der Waals surface area contributed by atoms with Gasteiger partial charge in [-0.3, -0.25) is 4.79 Å². The maximum atomic E-state index is 13.3. The second-order valence-corrected chi connectivity index (χ2v) is 6.96. The molecule has 1 heterocycles. The second-order valence-electron chi connectivity index (χ2n) is 6.05. The topological polar surface area (TPSA) is 59.8 Å². The average molecular weight is 437 g/mol. The van der Waals surface area contributed by atoms with Gasteiger partial charge >= 0.3 is 0 Å². The van der Waals surface area contributed by atoms with E-state index in [1.165, 1.54) is 18.2 Å². The highest BCUT2D eigenvalue weighted by Crippen LogP contribution is 2.24. The van der Waals surface area contributed by atoms with Gasteiger partial charge in [0.05, 0.1) is 17.6 Å². The molecule has 0 aliphatic heterocycles. The van der Waals surface area contributed by atoms with Crippen molar-refractivity contribution < 1.29 is 9.18 Å². The molecule has 28 heavy (non-hydrogen) atoms. The molecule has 1 aromatic heterocycles. The molecular formula is C21H14BrFN4O. The normalized spacial score (nSPS) is 10.6. The van der Waals surface area contributed by atoms with Gasteiger partial charge in [-0.2, -0.15) is 0 Å². The number of anilines is 1. The van der Waals surface area contributed by atoms with Crippen molar-refractivity contribution >= 4 is 27.5 Å². The molecule has 4 aromatic rings.